The van der Waals surface area contributed by atoms with Gasteiger partial charge in [0.05, 0.1) is 0 Å². The Kier molecular flexibility index (Phi) is 7.02. The van der Waals surface area contributed by atoms with Crippen molar-refractivity contribution in [1.29, 1.82) is 0 Å². The van der Waals surface area contributed by atoms with E-state index < -0.39 is 5.97 Å². The number of allylic oxidation sites excluding steroid dienone is 2. The third kappa shape index (κ3) is 5.70. The number of rotatable bonds is 3. The second-order valence-electron chi connectivity index (χ2n) is 2.56. The molecular weight excluding hydrogens is 212 g/mol. The highest BCUT2D eigenvalue weighted by molar-refractivity contribution is 6.15. The highest BCUT2D eigenvalue weighted by atomic mass is 35.5. The quantitative estimate of drug-likeness (QED) is 0.486. The molecule has 1 aromatic rings. The smallest absolute Gasteiger partial charge is 0.328 e. The summed E-state index contributed by atoms with van der Waals surface area (Å²) in [5, 5.41) is 8.38. The Hall–Kier alpha value is -1.54. The van der Waals surface area contributed by atoms with E-state index in [9.17, 15) is 4.79 Å². The lowest BCUT2D eigenvalue weighted by Crippen LogP contribution is -1.86. The van der Waals surface area contributed by atoms with Crippen molar-refractivity contribution in [1.82, 2.24) is 0 Å². The summed E-state index contributed by atoms with van der Waals surface area (Å²) in [5.74, 6) is -0.961. The summed E-state index contributed by atoms with van der Waals surface area (Å²) in [7, 11) is 0. The average molecular weight is 225 g/mol. The van der Waals surface area contributed by atoms with E-state index in [1.807, 2.05) is 30.3 Å². The lowest BCUT2D eigenvalue weighted by molar-refractivity contribution is -0.131. The van der Waals surface area contributed by atoms with Gasteiger partial charge >= 0.3 is 5.97 Å². The van der Waals surface area contributed by atoms with Crippen LogP contribution in [0.4, 0.5) is 0 Å². The van der Waals surface area contributed by atoms with Crippen LogP contribution in [0.25, 0.3) is 5.57 Å². The predicted octanol–water partition coefficient (Wildman–Crippen LogP) is 3.20. The summed E-state index contributed by atoms with van der Waals surface area (Å²) in [5.41, 5.74) is 1.63. The minimum Gasteiger partial charge on any atom is -0.478 e. The molecule has 0 saturated heterocycles. The number of hydrogen-bond acceptors (Lipinski definition) is 1. The van der Waals surface area contributed by atoms with E-state index in [0.29, 0.717) is 5.57 Å². The first-order valence-corrected chi connectivity index (χ1v) is 4.99. The predicted molar refractivity (Wildman–Crippen MR) is 64.0 cm³/mol. The van der Waals surface area contributed by atoms with Crippen LogP contribution in [0.5, 0.6) is 0 Å². The first-order chi connectivity index (χ1) is 7.20. The fraction of sp³-hybridized carbons (Fsp3) is 0.0833. The molecule has 0 unspecified atom stereocenters. The van der Waals surface area contributed by atoms with Crippen LogP contribution >= 0.6 is 11.6 Å². The van der Waals surface area contributed by atoms with Gasteiger partial charge in [-0.25, -0.2) is 4.79 Å². The zero-order valence-electron chi connectivity index (χ0n) is 8.48. The third-order valence-electron chi connectivity index (χ3n) is 1.57. The zero-order chi connectivity index (χ0) is 11.7. The van der Waals surface area contributed by atoms with Crippen molar-refractivity contribution in [2.75, 3.05) is 6.38 Å². The van der Waals surface area contributed by atoms with Crippen LogP contribution < -0.4 is 0 Å². The summed E-state index contributed by atoms with van der Waals surface area (Å²) in [6, 6.07) is 9.44. The topological polar surface area (TPSA) is 37.3 Å². The second kappa shape index (κ2) is 7.83. The molecule has 0 aromatic heterocycles. The van der Waals surface area contributed by atoms with Crippen molar-refractivity contribution < 1.29 is 9.90 Å². The molecule has 1 rings (SSSR count). The molecule has 0 saturated carbocycles. The van der Waals surface area contributed by atoms with Crippen molar-refractivity contribution in [2.45, 2.75) is 0 Å². The summed E-state index contributed by atoms with van der Waals surface area (Å²) < 4.78 is 0. The van der Waals surface area contributed by atoms with Crippen LogP contribution in [0.3, 0.4) is 0 Å². The van der Waals surface area contributed by atoms with Crippen LogP contribution in [-0.2, 0) is 4.79 Å². The highest BCUT2D eigenvalue weighted by Gasteiger charge is 1.93. The monoisotopic (exact) mass is 224 g/mol. The maximum atomic E-state index is 10.2. The minimum atomic E-state index is -0.961. The van der Waals surface area contributed by atoms with E-state index in [4.69, 9.17) is 5.11 Å². The van der Waals surface area contributed by atoms with Gasteiger partial charge < -0.3 is 5.11 Å². The molecule has 0 radical (unpaired) electrons. The van der Waals surface area contributed by atoms with E-state index in [1.54, 1.807) is 0 Å². The Morgan fingerprint density at radius 1 is 1.27 bits per heavy atom. The van der Waals surface area contributed by atoms with Crippen molar-refractivity contribution in [3.63, 3.8) is 0 Å². The van der Waals surface area contributed by atoms with Crippen molar-refractivity contribution in [2.24, 2.45) is 0 Å². The van der Waals surface area contributed by atoms with Gasteiger partial charge in [0.2, 0.25) is 0 Å². The Morgan fingerprint density at radius 3 is 2.27 bits per heavy atom. The molecule has 0 heterocycles. The van der Waals surface area contributed by atoms with E-state index in [0.717, 1.165) is 11.6 Å². The normalized spacial score (nSPS) is 9.20. The number of alkyl halides is 1. The SMILES string of the molecule is C=C(C=CC(=O)O)c1ccccc1.CCl. The molecule has 15 heavy (non-hydrogen) atoms. The summed E-state index contributed by atoms with van der Waals surface area (Å²) in [6.07, 6.45) is 4.03. The molecule has 1 aromatic carbocycles. The molecule has 3 heteroatoms. The lowest BCUT2D eigenvalue weighted by atomic mass is 10.1. The van der Waals surface area contributed by atoms with E-state index in [1.165, 1.54) is 12.5 Å². The van der Waals surface area contributed by atoms with E-state index >= 15 is 0 Å². The summed E-state index contributed by atoms with van der Waals surface area (Å²) in [6.45, 7) is 3.75. The van der Waals surface area contributed by atoms with Gasteiger partial charge in [-0.1, -0.05) is 36.9 Å². The number of carboxylic acid groups (broad SMARTS) is 1. The van der Waals surface area contributed by atoms with Crippen LogP contribution in [0.1, 0.15) is 5.56 Å². The van der Waals surface area contributed by atoms with Gasteiger partial charge in [0.15, 0.2) is 0 Å². The molecule has 0 bridgehead atoms. The maximum Gasteiger partial charge on any atom is 0.328 e. The van der Waals surface area contributed by atoms with Crippen molar-refractivity contribution in [3.05, 3.63) is 54.6 Å². The number of benzene rings is 1. The molecule has 2 nitrogen and oxygen atoms in total. The highest BCUT2D eigenvalue weighted by Crippen LogP contribution is 2.12. The number of aliphatic carboxylic acids is 1. The number of carbonyl (C=O) groups is 1. The van der Waals surface area contributed by atoms with Gasteiger partial charge in [-0.2, -0.15) is 0 Å². The minimum absolute atomic E-state index is 0.697. The maximum absolute atomic E-state index is 10.2. The van der Waals surface area contributed by atoms with Gasteiger partial charge in [0.1, 0.15) is 0 Å². The van der Waals surface area contributed by atoms with E-state index in [2.05, 4.69) is 18.2 Å². The van der Waals surface area contributed by atoms with Crippen LogP contribution in [0.15, 0.2) is 49.1 Å². The van der Waals surface area contributed by atoms with Crippen LogP contribution in [0.2, 0.25) is 0 Å². The number of hydrogen-bond donors (Lipinski definition) is 1. The molecule has 0 spiro atoms. The third-order valence-corrected chi connectivity index (χ3v) is 1.57. The fourth-order valence-corrected chi connectivity index (χ4v) is 0.920. The number of carboxylic acids is 1. The molecule has 1 N–H and O–H groups in total. The van der Waals surface area contributed by atoms with Gasteiger partial charge in [0, 0.05) is 12.5 Å². The largest absolute Gasteiger partial charge is 0.478 e. The van der Waals surface area contributed by atoms with Crippen molar-refractivity contribution in [3.8, 4) is 0 Å². The Balaban J connectivity index is 0.000000921. The van der Waals surface area contributed by atoms with Gasteiger partial charge in [-0.3, -0.25) is 0 Å². The lowest BCUT2D eigenvalue weighted by Gasteiger charge is -1.97. The molecule has 0 aliphatic rings. The molecule has 0 atom stereocenters. The molecule has 0 amide bonds. The van der Waals surface area contributed by atoms with Crippen LogP contribution in [-0.4, -0.2) is 17.5 Å². The summed E-state index contributed by atoms with van der Waals surface area (Å²) >= 11 is 4.64. The zero-order valence-corrected chi connectivity index (χ0v) is 9.24. The standard InChI is InChI=1S/C11H10O2.CH3Cl/c1-9(7-8-11(12)13)10-5-3-2-4-6-10;1-2/h2-8H,1H2,(H,12,13);1H3. The van der Waals surface area contributed by atoms with Crippen molar-refractivity contribution >= 4 is 23.1 Å². The molecule has 0 aliphatic carbocycles. The molecule has 0 fully saturated rings. The fourth-order valence-electron chi connectivity index (χ4n) is 0.920. The summed E-state index contributed by atoms with van der Waals surface area (Å²) in [4.78, 5) is 10.2. The molecule has 0 aliphatic heterocycles. The van der Waals surface area contributed by atoms with Gasteiger partial charge in [0.25, 0.3) is 0 Å². The first-order valence-electron chi connectivity index (χ1n) is 4.23. The van der Waals surface area contributed by atoms with Gasteiger partial charge in [-0.15, -0.1) is 11.6 Å². The first kappa shape index (κ1) is 13.5. The Morgan fingerprint density at radius 2 is 1.80 bits per heavy atom. The number of halogens is 1. The second-order valence-corrected chi connectivity index (χ2v) is 2.56. The Labute approximate surface area is 94.5 Å². The van der Waals surface area contributed by atoms with Gasteiger partial charge in [-0.05, 0) is 17.2 Å². The molecule has 80 valence electrons. The molecular formula is C12H13ClO2. The Bertz CT molecular complexity index is 342. The van der Waals surface area contributed by atoms with Crippen LogP contribution in [0, 0.1) is 0 Å². The van der Waals surface area contributed by atoms with E-state index in [-0.39, 0.29) is 0 Å². The average Bonchev–Trinajstić information content (AvgIpc) is 2.30.